The van der Waals surface area contributed by atoms with Crippen LogP contribution in [-0.4, -0.2) is 31.3 Å². The van der Waals surface area contributed by atoms with Crippen molar-refractivity contribution in [2.75, 3.05) is 25.2 Å². The second-order valence-corrected chi connectivity index (χ2v) is 7.06. The third-order valence-electron chi connectivity index (χ3n) is 3.69. The van der Waals surface area contributed by atoms with Gasteiger partial charge in [-0.2, -0.15) is 11.8 Å². The van der Waals surface area contributed by atoms with Gasteiger partial charge >= 0.3 is 0 Å². The lowest BCUT2D eigenvalue weighted by atomic mass is 10.0. The topological polar surface area (TPSA) is 30.5 Å². The first kappa shape index (κ1) is 16.5. The zero-order valence-corrected chi connectivity index (χ0v) is 14.2. The quantitative estimate of drug-likeness (QED) is 0.831. The Morgan fingerprint density at radius 3 is 2.67 bits per heavy atom. The average Bonchev–Trinajstić information content (AvgIpc) is 2.49. The molecule has 3 nitrogen and oxygen atoms in total. The molecule has 0 radical (unpaired) electrons. The van der Waals surface area contributed by atoms with Crippen LogP contribution in [0.25, 0.3) is 0 Å². The second-order valence-electron chi connectivity index (χ2n) is 5.84. The summed E-state index contributed by atoms with van der Waals surface area (Å²) in [6.45, 7) is 6.06. The SMILES string of the molecule is COc1cc(CNCC2CCSCC2)ccc1OC(C)C. The van der Waals surface area contributed by atoms with Gasteiger partial charge in [0.05, 0.1) is 13.2 Å². The third-order valence-corrected chi connectivity index (χ3v) is 4.74. The molecule has 0 atom stereocenters. The fourth-order valence-corrected chi connectivity index (χ4v) is 3.75. The zero-order valence-electron chi connectivity index (χ0n) is 13.4. The summed E-state index contributed by atoms with van der Waals surface area (Å²) in [5.41, 5.74) is 1.24. The minimum Gasteiger partial charge on any atom is -0.493 e. The smallest absolute Gasteiger partial charge is 0.161 e. The van der Waals surface area contributed by atoms with E-state index in [0.717, 1.165) is 30.5 Å². The monoisotopic (exact) mass is 309 g/mol. The number of nitrogens with one attached hydrogen (secondary N) is 1. The predicted molar refractivity (Wildman–Crippen MR) is 90.5 cm³/mol. The van der Waals surface area contributed by atoms with Crippen molar-refractivity contribution in [3.05, 3.63) is 23.8 Å². The van der Waals surface area contributed by atoms with Crippen LogP contribution in [0.5, 0.6) is 11.5 Å². The van der Waals surface area contributed by atoms with Crippen LogP contribution in [0.1, 0.15) is 32.3 Å². The Hall–Kier alpha value is -0.870. The number of ether oxygens (including phenoxy) is 2. The lowest BCUT2D eigenvalue weighted by Gasteiger charge is -2.21. The van der Waals surface area contributed by atoms with E-state index in [2.05, 4.69) is 29.2 Å². The molecule has 2 rings (SSSR count). The van der Waals surface area contributed by atoms with E-state index in [9.17, 15) is 0 Å². The highest BCUT2D eigenvalue weighted by Crippen LogP contribution is 2.29. The predicted octanol–water partition coefficient (Wildman–Crippen LogP) is 3.72. The molecule has 0 aromatic heterocycles. The van der Waals surface area contributed by atoms with Gasteiger partial charge < -0.3 is 14.8 Å². The average molecular weight is 309 g/mol. The Labute approximate surface area is 132 Å². The van der Waals surface area contributed by atoms with Crippen molar-refractivity contribution >= 4 is 11.8 Å². The van der Waals surface area contributed by atoms with E-state index in [1.165, 1.54) is 29.9 Å². The van der Waals surface area contributed by atoms with Crippen LogP contribution in [0.4, 0.5) is 0 Å². The molecule has 118 valence electrons. The van der Waals surface area contributed by atoms with Crippen molar-refractivity contribution in [3.8, 4) is 11.5 Å². The van der Waals surface area contributed by atoms with E-state index in [-0.39, 0.29) is 6.10 Å². The summed E-state index contributed by atoms with van der Waals surface area (Å²) >= 11 is 2.08. The molecule has 4 heteroatoms. The Morgan fingerprint density at radius 2 is 2.00 bits per heavy atom. The molecule has 1 aliphatic rings. The van der Waals surface area contributed by atoms with Crippen molar-refractivity contribution in [2.45, 2.75) is 39.3 Å². The first-order chi connectivity index (χ1) is 10.2. The fraction of sp³-hybridized carbons (Fsp3) is 0.647. The van der Waals surface area contributed by atoms with Crippen molar-refractivity contribution in [3.63, 3.8) is 0 Å². The Balaban J connectivity index is 1.85. The molecule has 21 heavy (non-hydrogen) atoms. The van der Waals surface area contributed by atoms with Crippen molar-refractivity contribution in [1.82, 2.24) is 5.32 Å². The highest BCUT2D eigenvalue weighted by molar-refractivity contribution is 7.99. The van der Waals surface area contributed by atoms with Crippen molar-refractivity contribution in [1.29, 1.82) is 0 Å². The molecule has 0 spiro atoms. The van der Waals surface area contributed by atoms with E-state index < -0.39 is 0 Å². The molecule has 0 amide bonds. The van der Waals surface area contributed by atoms with Crippen LogP contribution in [0.3, 0.4) is 0 Å². The van der Waals surface area contributed by atoms with Crippen LogP contribution in [-0.2, 0) is 6.54 Å². The maximum absolute atomic E-state index is 5.74. The Bertz CT molecular complexity index is 431. The number of thioether (sulfide) groups is 1. The molecule has 1 fully saturated rings. The largest absolute Gasteiger partial charge is 0.493 e. The molecule has 1 aliphatic heterocycles. The van der Waals surface area contributed by atoms with Crippen LogP contribution < -0.4 is 14.8 Å². The van der Waals surface area contributed by atoms with Crippen LogP contribution in [0.2, 0.25) is 0 Å². The van der Waals surface area contributed by atoms with E-state index in [0.29, 0.717) is 0 Å². The summed E-state index contributed by atoms with van der Waals surface area (Å²) in [5.74, 6) is 5.12. The molecule has 0 bridgehead atoms. The van der Waals surface area contributed by atoms with Crippen LogP contribution in [0.15, 0.2) is 18.2 Å². The maximum Gasteiger partial charge on any atom is 0.161 e. The van der Waals surface area contributed by atoms with Gasteiger partial charge in [0.25, 0.3) is 0 Å². The zero-order chi connectivity index (χ0) is 15.1. The number of rotatable bonds is 7. The Kier molecular flexibility index (Phi) is 6.71. The van der Waals surface area contributed by atoms with Crippen LogP contribution in [0, 0.1) is 5.92 Å². The molecule has 1 saturated heterocycles. The summed E-state index contributed by atoms with van der Waals surface area (Å²) in [5, 5.41) is 3.58. The van der Waals surface area contributed by atoms with Gasteiger partial charge in [0.15, 0.2) is 11.5 Å². The van der Waals surface area contributed by atoms with Gasteiger partial charge in [-0.1, -0.05) is 6.07 Å². The van der Waals surface area contributed by atoms with Gasteiger partial charge in [-0.15, -0.1) is 0 Å². The van der Waals surface area contributed by atoms with Gasteiger partial charge in [0, 0.05) is 6.54 Å². The van der Waals surface area contributed by atoms with Gasteiger partial charge in [-0.25, -0.2) is 0 Å². The lowest BCUT2D eigenvalue weighted by Crippen LogP contribution is -2.25. The normalized spacial score (nSPS) is 16.2. The van der Waals surface area contributed by atoms with Gasteiger partial charge in [-0.05, 0) is 68.4 Å². The van der Waals surface area contributed by atoms with E-state index in [1.807, 2.05) is 19.9 Å². The van der Waals surface area contributed by atoms with E-state index >= 15 is 0 Å². The molecule has 0 unspecified atom stereocenters. The Morgan fingerprint density at radius 1 is 1.24 bits per heavy atom. The summed E-state index contributed by atoms with van der Waals surface area (Å²) in [4.78, 5) is 0. The van der Waals surface area contributed by atoms with Gasteiger partial charge in [0.1, 0.15) is 0 Å². The molecule has 0 saturated carbocycles. The molecule has 1 N–H and O–H groups in total. The number of methoxy groups -OCH3 is 1. The standard InChI is InChI=1S/C17H27NO2S/c1-13(2)20-16-5-4-15(10-17(16)19-3)12-18-11-14-6-8-21-9-7-14/h4-5,10,13-14,18H,6-9,11-12H2,1-3H3. The van der Waals surface area contributed by atoms with Crippen molar-refractivity contribution in [2.24, 2.45) is 5.92 Å². The first-order valence-corrected chi connectivity index (χ1v) is 8.96. The summed E-state index contributed by atoms with van der Waals surface area (Å²) < 4.78 is 11.2. The summed E-state index contributed by atoms with van der Waals surface area (Å²) in [7, 11) is 1.69. The molecule has 0 aliphatic carbocycles. The number of hydrogen-bond donors (Lipinski definition) is 1. The third kappa shape index (κ3) is 5.44. The highest BCUT2D eigenvalue weighted by Gasteiger charge is 2.13. The highest BCUT2D eigenvalue weighted by atomic mass is 32.2. The number of hydrogen-bond acceptors (Lipinski definition) is 4. The summed E-state index contributed by atoms with van der Waals surface area (Å²) in [6, 6.07) is 6.19. The molecular weight excluding hydrogens is 282 g/mol. The maximum atomic E-state index is 5.74. The lowest BCUT2D eigenvalue weighted by molar-refractivity contribution is 0.230. The minimum absolute atomic E-state index is 0.159. The second kappa shape index (κ2) is 8.54. The van der Waals surface area contributed by atoms with Gasteiger partial charge in [0.2, 0.25) is 0 Å². The first-order valence-electron chi connectivity index (χ1n) is 7.81. The molecular formula is C17H27NO2S. The van der Waals surface area contributed by atoms with E-state index in [4.69, 9.17) is 9.47 Å². The molecule has 1 aromatic carbocycles. The van der Waals surface area contributed by atoms with Gasteiger partial charge in [-0.3, -0.25) is 0 Å². The molecule has 1 heterocycles. The fourth-order valence-electron chi connectivity index (χ4n) is 2.54. The number of benzene rings is 1. The molecule has 1 aromatic rings. The minimum atomic E-state index is 0.159. The van der Waals surface area contributed by atoms with Crippen molar-refractivity contribution < 1.29 is 9.47 Å². The van der Waals surface area contributed by atoms with Crippen LogP contribution >= 0.6 is 11.8 Å². The van der Waals surface area contributed by atoms with E-state index in [1.54, 1.807) is 7.11 Å². The summed E-state index contributed by atoms with van der Waals surface area (Å²) in [6.07, 6.45) is 2.86.